The zero-order valence-electron chi connectivity index (χ0n) is 12.9. The molecule has 0 atom stereocenters. The van der Waals surface area contributed by atoms with E-state index in [9.17, 15) is 0 Å². The van der Waals surface area contributed by atoms with Crippen molar-refractivity contribution in [1.29, 1.82) is 0 Å². The molecule has 0 radical (unpaired) electrons. The molecular formula is C16H36N2. The first kappa shape index (κ1) is 17.9. The zero-order valence-corrected chi connectivity index (χ0v) is 12.9. The number of nitrogens with one attached hydrogen (secondary N) is 2. The van der Waals surface area contributed by atoms with Gasteiger partial charge < -0.3 is 10.6 Å². The Hall–Kier alpha value is -0.0800. The fourth-order valence-electron chi connectivity index (χ4n) is 2.37. The van der Waals surface area contributed by atoms with Crippen molar-refractivity contribution in [1.82, 2.24) is 10.6 Å². The van der Waals surface area contributed by atoms with Crippen LogP contribution < -0.4 is 10.6 Å². The molecule has 0 unspecified atom stereocenters. The lowest BCUT2D eigenvalue weighted by atomic mass is 10.1. The van der Waals surface area contributed by atoms with Crippen molar-refractivity contribution in [3.05, 3.63) is 0 Å². The molecule has 2 N–H and O–H groups in total. The van der Waals surface area contributed by atoms with Gasteiger partial charge in [-0.1, -0.05) is 64.2 Å². The normalized spacial score (nSPS) is 11.0. The molecule has 0 aliphatic carbocycles. The van der Waals surface area contributed by atoms with Crippen LogP contribution in [0.15, 0.2) is 0 Å². The summed E-state index contributed by atoms with van der Waals surface area (Å²) in [6.45, 7) is 2.38. The fourth-order valence-corrected chi connectivity index (χ4v) is 2.37. The number of unbranched alkanes of at least 4 members (excludes halogenated alkanes) is 11. The highest BCUT2D eigenvalue weighted by Gasteiger charge is 1.93. The van der Waals surface area contributed by atoms with E-state index in [1.54, 1.807) is 0 Å². The minimum Gasteiger partial charge on any atom is -0.320 e. The Morgan fingerprint density at radius 3 is 0.833 bits per heavy atom. The van der Waals surface area contributed by atoms with E-state index in [-0.39, 0.29) is 0 Å². The summed E-state index contributed by atoms with van der Waals surface area (Å²) in [6, 6.07) is 0. The molecule has 0 aromatic rings. The van der Waals surface area contributed by atoms with E-state index in [0.717, 1.165) is 0 Å². The lowest BCUT2D eigenvalue weighted by molar-refractivity contribution is 0.535. The van der Waals surface area contributed by atoms with E-state index in [4.69, 9.17) is 0 Å². The van der Waals surface area contributed by atoms with E-state index < -0.39 is 0 Å². The van der Waals surface area contributed by atoms with Crippen molar-refractivity contribution >= 4 is 0 Å². The molecule has 110 valence electrons. The molecule has 0 bridgehead atoms. The Morgan fingerprint density at radius 1 is 0.389 bits per heavy atom. The maximum Gasteiger partial charge on any atom is -0.00519 e. The predicted octanol–water partition coefficient (Wildman–Crippen LogP) is 4.11. The molecule has 0 saturated heterocycles. The Balaban J connectivity index is 2.86. The highest BCUT2D eigenvalue weighted by molar-refractivity contribution is 4.50. The number of hydrogen-bond acceptors (Lipinski definition) is 2. The van der Waals surface area contributed by atoms with Gasteiger partial charge in [-0.05, 0) is 40.0 Å². The van der Waals surface area contributed by atoms with Crippen molar-refractivity contribution in [2.75, 3.05) is 27.2 Å². The van der Waals surface area contributed by atoms with Crippen LogP contribution in [0.25, 0.3) is 0 Å². The molecule has 18 heavy (non-hydrogen) atoms. The summed E-state index contributed by atoms with van der Waals surface area (Å²) in [5, 5.41) is 6.41. The second-order valence-electron chi connectivity index (χ2n) is 5.45. The van der Waals surface area contributed by atoms with E-state index in [1.165, 1.54) is 90.1 Å². The second-order valence-corrected chi connectivity index (χ2v) is 5.45. The van der Waals surface area contributed by atoms with Crippen LogP contribution >= 0.6 is 0 Å². The molecule has 2 heteroatoms. The monoisotopic (exact) mass is 256 g/mol. The molecule has 0 spiro atoms. The van der Waals surface area contributed by atoms with Gasteiger partial charge in [-0.2, -0.15) is 0 Å². The Bertz CT molecular complexity index is 121. The van der Waals surface area contributed by atoms with Crippen LogP contribution in [0.4, 0.5) is 0 Å². The largest absolute Gasteiger partial charge is 0.320 e. The van der Waals surface area contributed by atoms with Gasteiger partial charge in [-0.15, -0.1) is 0 Å². The average Bonchev–Trinajstić information content (AvgIpc) is 2.39. The topological polar surface area (TPSA) is 24.1 Å². The lowest BCUT2D eigenvalue weighted by Crippen LogP contribution is -2.06. The third kappa shape index (κ3) is 15.9. The van der Waals surface area contributed by atoms with Crippen LogP contribution in [0, 0.1) is 0 Å². The molecule has 0 aliphatic rings. The minimum atomic E-state index is 1.19. The molecule has 0 amide bonds. The van der Waals surface area contributed by atoms with Gasteiger partial charge >= 0.3 is 0 Å². The summed E-state index contributed by atoms with van der Waals surface area (Å²) in [4.78, 5) is 0. The van der Waals surface area contributed by atoms with Gasteiger partial charge in [0.1, 0.15) is 0 Å². The van der Waals surface area contributed by atoms with E-state index >= 15 is 0 Å². The summed E-state index contributed by atoms with van der Waals surface area (Å²) >= 11 is 0. The van der Waals surface area contributed by atoms with Gasteiger partial charge in [0.05, 0.1) is 0 Å². The van der Waals surface area contributed by atoms with Crippen LogP contribution in [-0.4, -0.2) is 27.2 Å². The quantitative estimate of drug-likeness (QED) is 0.431. The Labute approximate surface area is 115 Å². The molecule has 0 saturated carbocycles. The van der Waals surface area contributed by atoms with Crippen molar-refractivity contribution in [3.63, 3.8) is 0 Å². The first-order chi connectivity index (χ1) is 8.91. The SMILES string of the molecule is CNCCCCCCCCCCCCCCNC. The highest BCUT2D eigenvalue weighted by atomic mass is 14.8. The van der Waals surface area contributed by atoms with E-state index in [0.29, 0.717) is 0 Å². The molecule has 0 aromatic carbocycles. The van der Waals surface area contributed by atoms with Crippen molar-refractivity contribution < 1.29 is 0 Å². The average molecular weight is 256 g/mol. The smallest absolute Gasteiger partial charge is 0.00519 e. The molecule has 2 nitrogen and oxygen atoms in total. The predicted molar refractivity (Wildman–Crippen MR) is 83.3 cm³/mol. The van der Waals surface area contributed by atoms with Crippen molar-refractivity contribution in [3.8, 4) is 0 Å². The van der Waals surface area contributed by atoms with Gasteiger partial charge in [0.25, 0.3) is 0 Å². The van der Waals surface area contributed by atoms with E-state index in [1.807, 2.05) is 14.1 Å². The summed E-state index contributed by atoms with van der Waals surface area (Å²) < 4.78 is 0. The van der Waals surface area contributed by atoms with Crippen molar-refractivity contribution in [2.45, 2.75) is 77.0 Å². The first-order valence-electron chi connectivity index (χ1n) is 8.21. The third-order valence-electron chi connectivity index (χ3n) is 3.60. The zero-order chi connectivity index (χ0) is 13.3. The second kappa shape index (κ2) is 16.9. The minimum absolute atomic E-state index is 1.19. The third-order valence-corrected chi connectivity index (χ3v) is 3.60. The van der Waals surface area contributed by atoms with Crippen LogP contribution in [-0.2, 0) is 0 Å². The Kier molecular flexibility index (Phi) is 16.8. The van der Waals surface area contributed by atoms with Crippen LogP contribution in [0.3, 0.4) is 0 Å². The molecule has 0 aliphatic heterocycles. The first-order valence-corrected chi connectivity index (χ1v) is 8.21. The lowest BCUT2D eigenvalue weighted by Gasteiger charge is -2.03. The fraction of sp³-hybridized carbons (Fsp3) is 1.00. The van der Waals surface area contributed by atoms with Gasteiger partial charge in [0.2, 0.25) is 0 Å². The van der Waals surface area contributed by atoms with Gasteiger partial charge in [0.15, 0.2) is 0 Å². The number of hydrogen-bond donors (Lipinski definition) is 2. The van der Waals surface area contributed by atoms with Gasteiger partial charge in [-0.3, -0.25) is 0 Å². The maximum atomic E-state index is 3.21. The van der Waals surface area contributed by atoms with Crippen molar-refractivity contribution in [2.24, 2.45) is 0 Å². The standard InChI is InChI=1S/C16H36N2/c1-17-15-13-11-9-7-5-3-4-6-8-10-12-14-16-18-2/h17-18H,3-16H2,1-2H3. The summed E-state index contributed by atoms with van der Waals surface area (Å²) in [5.74, 6) is 0. The summed E-state index contributed by atoms with van der Waals surface area (Å²) in [6.07, 6.45) is 17.1. The van der Waals surface area contributed by atoms with Crippen LogP contribution in [0.2, 0.25) is 0 Å². The highest BCUT2D eigenvalue weighted by Crippen LogP contribution is 2.11. The van der Waals surface area contributed by atoms with Gasteiger partial charge in [-0.25, -0.2) is 0 Å². The molecule has 0 heterocycles. The summed E-state index contributed by atoms with van der Waals surface area (Å²) in [5.41, 5.74) is 0. The van der Waals surface area contributed by atoms with E-state index in [2.05, 4.69) is 10.6 Å². The molecule has 0 rings (SSSR count). The Morgan fingerprint density at radius 2 is 0.611 bits per heavy atom. The molecule has 0 fully saturated rings. The maximum absolute atomic E-state index is 3.21. The van der Waals surface area contributed by atoms with Crippen LogP contribution in [0.5, 0.6) is 0 Å². The van der Waals surface area contributed by atoms with Gasteiger partial charge in [0, 0.05) is 0 Å². The molecular weight excluding hydrogens is 220 g/mol. The summed E-state index contributed by atoms with van der Waals surface area (Å²) in [7, 11) is 4.08. The molecule has 0 aromatic heterocycles. The number of rotatable bonds is 15. The van der Waals surface area contributed by atoms with Crippen LogP contribution in [0.1, 0.15) is 77.0 Å².